The van der Waals surface area contributed by atoms with Crippen LogP contribution in [0.1, 0.15) is 79.1 Å². The average Bonchev–Trinajstić information content (AvgIpc) is 2.38. The highest BCUT2D eigenvalue weighted by atomic mass is 31.2. The summed E-state index contributed by atoms with van der Waals surface area (Å²) in [5.41, 5.74) is -0.0511. The number of hydrogen-bond donors (Lipinski definition) is 0. The van der Waals surface area contributed by atoms with Gasteiger partial charge in [-0.05, 0) is 12.8 Å². The summed E-state index contributed by atoms with van der Waals surface area (Å²) in [7, 11) is -2.89. The summed E-state index contributed by atoms with van der Waals surface area (Å²) in [6.45, 7) is 9.31. The SMILES string of the molecule is CCCCCCOP(=O)(OCCCCCC)C(C)C. The summed E-state index contributed by atoms with van der Waals surface area (Å²) in [6.07, 6.45) is 9.08. The van der Waals surface area contributed by atoms with E-state index in [1.165, 1.54) is 25.7 Å². The zero-order chi connectivity index (χ0) is 14.6. The molecule has 0 spiro atoms. The molecule has 0 aromatic heterocycles. The molecule has 0 aliphatic carbocycles. The Hall–Kier alpha value is 0.150. The molecule has 0 saturated carbocycles. The molecule has 0 aromatic rings. The third-order valence-electron chi connectivity index (χ3n) is 3.17. The molecule has 4 heteroatoms. The van der Waals surface area contributed by atoms with Crippen molar-refractivity contribution in [2.24, 2.45) is 0 Å². The van der Waals surface area contributed by atoms with Gasteiger partial charge < -0.3 is 9.05 Å². The average molecular weight is 292 g/mol. The Balaban J connectivity index is 3.88. The first kappa shape index (κ1) is 19.1. The summed E-state index contributed by atoms with van der Waals surface area (Å²) in [6, 6.07) is 0. The second-order valence-corrected chi connectivity index (χ2v) is 8.05. The highest BCUT2D eigenvalue weighted by molar-refractivity contribution is 7.54. The van der Waals surface area contributed by atoms with Crippen LogP contribution in [0.5, 0.6) is 0 Å². The van der Waals surface area contributed by atoms with Crippen LogP contribution in [-0.4, -0.2) is 18.9 Å². The smallest absolute Gasteiger partial charge is 0.308 e. The van der Waals surface area contributed by atoms with E-state index in [4.69, 9.17) is 9.05 Å². The van der Waals surface area contributed by atoms with Crippen molar-refractivity contribution in [2.75, 3.05) is 13.2 Å². The molecular formula is C15H33O3P. The molecule has 0 radical (unpaired) electrons. The standard InChI is InChI=1S/C15H33O3P/c1-5-7-9-11-13-17-19(16,15(3)4)18-14-12-10-8-6-2/h15H,5-14H2,1-4H3. The Morgan fingerprint density at radius 2 is 1.21 bits per heavy atom. The third kappa shape index (κ3) is 9.65. The van der Waals surface area contributed by atoms with Crippen LogP contribution in [-0.2, 0) is 13.6 Å². The molecular weight excluding hydrogens is 259 g/mol. The van der Waals surface area contributed by atoms with E-state index >= 15 is 0 Å². The molecule has 0 N–H and O–H groups in total. The molecule has 0 aliphatic heterocycles. The van der Waals surface area contributed by atoms with Crippen molar-refractivity contribution in [3.8, 4) is 0 Å². The first-order chi connectivity index (χ1) is 9.06. The normalized spacial score (nSPS) is 12.3. The molecule has 0 unspecified atom stereocenters. The van der Waals surface area contributed by atoms with Crippen LogP contribution in [0, 0.1) is 0 Å². The van der Waals surface area contributed by atoms with Crippen molar-refractivity contribution < 1.29 is 13.6 Å². The zero-order valence-corrected chi connectivity index (χ0v) is 14.2. The summed E-state index contributed by atoms with van der Waals surface area (Å²) >= 11 is 0. The molecule has 19 heavy (non-hydrogen) atoms. The molecule has 0 heterocycles. The van der Waals surface area contributed by atoms with Gasteiger partial charge in [0.25, 0.3) is 0 Å². The van der Waals surface area contributed by atoms with Gasteiger partial charge in [0.1, 0.15) is 0 Å². The monoisotopic (exact) mass is 292 g/mol. The molecule has 0 amide bonds. The van der Waals surface area contributed by atoms with Gasteiger partial charge in [-0.1, -0.05) is 66.2 Å². The van der Waals surface area contributed by atoms with E-state index < -0.39 is 7.60 Å². The molecule has 0 atom stereocenters. The van der Waals surface area contributed by atoms with Gasteiger partial charge in [-0.3, -0.25) is 4.57 Å². The molecule has 0 fully saturated rings. The van der Waals surface area contributed by atoms with E-state index in [0.29, 0.717) is 13.2 Å². The Labute approximate surface area is 120 Å². The molecule has 0 bridgehead atoms. The first-order valence-electron chi connectivity index (χ1n) is 7.95. The summed E-state index contributed by atoms with van der Waals surface area (Å²) in [4.78, 5) is 0. The number of hydrogen-bond acceptors (Lipinski definition) is 3. The zero-order valence-electron chi connectivity index (χ0n) is 13.3. The third-order valence-corrected chi connectivity index (χ3v) is 5.52. The lowest BCUT2D eigenvalue weighted by atomic mass is 10.2. The van der Waals surface area contributed by atoms with Crippen LogP contribution in [0.25, 0.3) is 0 Å². The van der Waals surface area contributed by atoms with Crippen LogP contribution in [0.15, 0.2) is 0 Å². The van der Waals surface area contributed by atoms with Crippen molar-refractivity contribution in [3.63, 3.8) is 0 Å². The van der Waals surface area contributed by atoms with E-state index in [1.54, 1.807) is 0 Å². The van der Waals surface area contributed by atoms with Gasteiger partial charge in [0.05, 0.1) is 18.9 Å². The maximum Gasteiger partial charge on any atom is 0.333 e. The van der Waals surface area contributed by atoms with E-state index in [9.17, 15) is 4.57 Å². The van der Waals surface area contributed by atoms with Crippen molar-refractivity contribution in [1.82, 2.24) is 0 Å². The topological polar surface area (TPSA) is 35.5 Å². The highest BCUT2D eigenvalue weighted by Gasteiger charge is 2.28. The van der Waals surface area contributed by atoms with Crippen molar-refractivity contribution in [2.45, 2.75) is 84.7 Å². The first-order valence-corrected chi connectivity index (χ1v) is 9.56. The maximum atomic E-state index is 12.5. The largest absolute Gasteiger partial charge is 0.333 e. The Bertz CT molecular complexity index is 224. The minimum atomic E-state index is -2.89. The number of unbranched alkanes of at least 4 members (excludes halogenated alkanes) is 6. The fraction of sp³-hybridized carbons (Fsp3) is 1.00. The summed E-state index contributed by atoms with van der Waals surface area (Å²) < 4.78 is 23.7. The van der Waals surface area contributed by atoms with Crippen LogP contribution < -0.4 is 0 Å². The van der Waals surface area contributed by atoms with Crippen molar-refractivity contribution in [3.05, 3.63) is 0 Å². The Kier molecular flexibility index (Phi) is 12.0. The molecule has 0 saturated heterocycles. The molecule has 3 nitrogen and oxygen atoms in total. The van der Waals surface area contributed by atoms with Crippen molar-refractivity contribution >= 4 is 7.60 Å². The van der Waals surface area contributed by atoms with Gasteiger partial charge >= 0.3 is 7.60 Å². The van der Waals surface area contributed by atoms with E-state index in [-0.39, 0.29) is 5.66 Å². The minimum Gasteiger partial charge on any atom is -0.308 e. The van der Waals surface area contributed by atoms with Crippen LogP contribution in [0.2, 0.25) is 0 Å². The molecule has 116 valence electrons. The van der Waals surface area contributed by atoms with Crippen molar-refractivity contribution in [1.29, 1.82) is 0 Å². The quantitative estimate of drug-likeness (QED) is 0.319. The Morgan fingerprint density at radius 3 is 1.53 bits per heavy atom. The summed E-state index contributed by atoms with van der Waals surface area (Å²) in [5.74, 6) is 0. The lowest BCUT2D eigenvalue weighted by Gasteiger charge is -2.21. The van der Waals surface area contributed by atoms with E-state index in [0.717, 1.165) is 25.7 Å². The predicted octanol–water partition coefficient (Wildman–Crippen LogP) is 5.78. The van der Waals surface area contributed by atoms with E-state index in [2.05, 4.69) is 13.8 Å². The highest BCUT2D eigenvalue weighted by Crippen LogP contribution is 2.53. The second-order valence-electron chi connectivity index (χ2n) is 5.42. The van der Waals surface area contributed by atoms with Crippen LogP contribution in [0.3, 0.4) is 0 Å². The van der Waals surface area contributed by atoms with Gasteiger partial charge in [0, 0.05) is 0 Å². The second kappa shape index (κ2) is 11.9. The van der Waals surface area contributed by atoms with E-state index in [1.807, 2.05) is 13.8 Å². The van der Waals surface area contributed by atoms with Gasteiger partial charge in [-0.25, -0.2) is 0 Å². The number of rotatable bonds is 13. The summed E-state index contributed by atoms with van der Waals surface area (Å²) in [5, 5.41) is 0. The van der Waals surface area contributed by atoms with Gasteiger partial charge in [0.2, 0.25) is 0 Å². The van der Waals surface area contributed by atoms with Crippen LogP contribution in [0.4, 0.5) is 0 Å². The predicted molar refractivity (Wildman–Crippen MR) is 82.9 cm³/mol. The molecule has 0 aromatic carbocycles. The van der Waals surface area contributed by atoms with Crippen LogP contribution >= 0.6 is 7.60 Å². The van der Waals surface area contributed by atoms with Gasteiger partial charge in [-0.15, -0.1) is 0 Å². The lowest BCUT2D eigenvalue weighted by Crippen LogP contribution is -2.08. The van der Waals surface area contributed by atoms with Gasteiger partial charge in [-0.2, -0.15) is 0 Å². The fourth-order valence-corrected chi connectivity index (χ4v) is 3.21. The molecule has 0 aliphatic rings. The Morgan fingerprint density at radius 1 is 0.789 bits per heavy atom. The lowest BCUT2D eigenvalue weighted by molar-refractivity contribution is 0.193. The fourth-order valence-electron chi connectivity index (χ4n) is 1.78. The maximum absolute atomic E-state index is 12.5. The minimum absolute atomic E-state index is 0.0511. The molecule has 0 rings (SSSR count). The van der Waals surface area contributed by atoms with Gasteiger partial charge in [0.15, 0.2) is 0 Å².